The first-order chi connectivity index (χ1) is 14.3. The summed E-state index contributed by atoms with van der Waals surface area (Å²) in [5.74, 6) is 0.527. The molecule has 0 radical (unpaired) electrons. The Bertz CT molecular complexity index is 862. The second-order valence-electron chi connectivity index (χ2n) is 6.70. The summed E-state index contributed by atoms with van der Waals surface area (Å²) >= 11 is 19.9. The molecule has 0 unspecified atom stereocenters. The Balaban J connectivity index is 2.05. The van der Waals surface area contributed by atoms with E-state index in [9.17, 15) is 9.59 Å². The van der Waals surface area contributed by atoms with Crippen LogP contribution in [0.25, 0.3) is 0 Å². The standard InChI is InChI=1S/C22H25Cl3N2O2S/c1-3-20(22(29)26-2)27(14-15-6-7-17(24)13-19(15)25)21(28)5-4-12-30-18-10-8-16(23)9-11-18/h6-11,13,20H,3-5,12,14H2,1-2H3,(H,26,29)/t20-/m1/s1. The summed E-state index contributed by atoms with van der Waals surface area (Å²) < 4.78 is 0. The molecule has 162 valence electrons. The molecule has 1 N–H and O–H groups in total. The first-order valence-electron chi connectivity index (χ1n) is 9.69. The molecule has 30 heavy (non-hydrogen) atoms. The van der Waals surface area contributed by atoms with Crippen molar-refractivity contribution >= 4 is 58.4 Å². The summed E-state index contributed by atoms with van der Waals surface area (Å²) in [4.78, 5) is 28.2. The topological polar surface area (TPSA) is 49.4 Å². The van der Waals surface area contributed by atoms with Crippen LogP contribution in [-0.4, -0.2) is 35.6 Å². The van der Waals surface area contributed by atoms with Crippen molar-refractivity contribution in [2.45, 2.75) is 43.7 Å². The molecule has 0 aliphatic rings. The van der Waals surface area contributed by atoms with E-state index >= 15 is 0 Å². The van der Waals surface area contributed by atoms with E-state index in [0.717, 1.165) is 16.2 Å². The fourth-order valence-corrected chi connectivity index (χ4v) is 4.45. The van der Waals surface area contributed by atoms with Crippen LogP contribution in [0.5, 0.6) is 0 Å². The molecule has 0 aromatic heterocycles. The number of hydrogen-bond acceptors (Lipinski definition) is 3. The number of benzene rings is 2. The Kier molecular flexibility index (Phi) is 10.3. The van der Waals surface area contributed by atoms with Crippen molar-refractivity contribution in [3.63, 3.8) is 0 Å². The number of amides is 2. The largest absolute Gasteiger partial charge is 0.357 e. The van der Waals surface area contributed by atoms with E-state index in [1.807, 2.05) is 31.2 Å². The summed E-state index contributed by atoms with van der Waals surface area (Å²) in [7, 11) is 1.58. The molecular formula is C22H25Cl3N2O2S. The van der Waals surface area contributed by atoms with Gasteiger partial charge in [-0.15, -0.1) is 11.8 Å². The zero-order chi connectivity index (χ0) is 22.1. The van der Waals surface area contributed by atoms with Crippen LogP contribution in [-0.2, 0) is 16.1 Å². The molecule has 8 heteroatoms. The molecule has 2 rings (SSSR count). The minimum absolute atomic E-state index is 0.0758. The van der Waals surface area contributed by atoms with Crippen molar-refractivity contribution in [3.8, 4) is 0 Å². The average Bonchev–Trinajstić information content (AvgIpc) is 2.73. The Morgan fingerprint density at radius 3 is 2.33 bits per heavy atom. The Morgan fingerprint density at radius 2 is 1.73 bits per heavy atom. The lowest BCUT2D eigenvalue weighted by Crippen LogP contribution is -2.48. The van der Waals surface area contributed by atoms with Gasteiger partial charge in [0.05, 0.1) is 0 Å². The molecule has 0 spiro atoms. The predicted octanol–water partition coefficient (Wildman–Crippen LogP) is 6.07. The lowest BCUT2D eigenvalue weighted by Gasteiger charge is -2.30. The molecular weight excluding hydrogens is 463 g/mol. The molecule has 0 heterocycles. The Morgan fingerprint density at radius 1 is 1.07 bits per heavy atom. The van der Waals surface area contributed by atoms with E-state index in [-0.39, 0.29) is 18.4 Å². The third kappa shape index (κ3) is 7.38. The van der Waals surface area contributed by atoms with Gasteiger partial charge in [0.15, 0.2) is 0 Å². The molecule has 0 bridgehead atoms. The fourth-order valence-electron chi connectivity index (χ4n) is 3.01. The Hall–Kier alpha value is -1.40. The van der Waals surface area contributed by atoms with Crippen LogP contribution in [0.4, 0.5) is 0 Å². The number of thioether (sulfide) groups is 1. The van der Waals surface area contributed by atoms with Gasteiger partial charge in [-0.1, -0.05) is 47.8 Å². The maximum absolute atomic E-state index is 13.1. The van der Waals surface area contributed by atoms with Crippen molar-refractivity contribution in [2.75, 3.05) is 12.8 Å². The predicted molar refractivity (Wildman–Crippen MR) is 127 cm³/mol. The van der Waals surface area contributed by atoms with Crippen molar-refractivity contribution in [3.05, 3.63) is 63.1 Å². The number of nitrogens with zero attached hydrogens (tertiary/aromatic N) is 1. The van der Waals surface area contributed by atoms with E-state index in [4.69, 9.17) is 34.8 Å². The molecule has 0 saturated carbocycles. The molecule has 0 aliphatic carbocycles. The summed E-state index contributed by atoms with van der Waals surface area (Å²) in [6, 6.07) is 12.2. The van der Waals surface area contributed by atoms with E-state index in [0.29, 0.717) is 34.3 Å². The summed E-state index contributed by atoms with van der Waals surface area (Å²) in [6.45, 7) is 2.14. The van der Waals surface area contributed by atoms with Gasteiger partial charge in [-0.05, 0) is 60.6 Å². The van der Waals surface area contributed by atoms with Crippen molar-refractivity contribution in [1.29, 1.82) is 0 Å². The van der Waals surface area contributed by atoms with Crippen LogP contribution in [0.2, 0.25) is 15.1 Å². The van der Waals surface area contributed by atoms with Crippen LogP contribution in [0, 0.1) is 0 Å². The van der Waals surface area contributed by atoms with Gasteiger partial charge in [-0.2, -0.15) is 0 Å². The summed E-state index contributed by atoms with van der Waals surface area (Å²) in [5, 5.41) is 4.36. The number of hydrogen-bond donors (Lipinski definition) is 1. The molecule has 4 nitrogen and oxygen atoms in total. The molecule has 0 aliphatic heterocycles. The maximum Gasteiger partial charge on any atom is 0.242 e. The van der Waals surface area contributed by atoms with Gasteiger partial charge in [-0.25, -0.2) is 0 Å². The van der Waals surface area contributed by atoms with Gasteiger partial charge in [0.2, 0.25) is 11.8 Å². The third-order valence-corrected chi connectivity index (χ3v) is 6.54. The minimum atomic E-state index is -0.557. The van der Waals surface area contributed by atoms with Gasteiger partial charge < -0.3 is 10.2 Å². The summed E-state index contributed by atoms with van der Waals surface area (Å²) in [6.07, 6.45) is 1.55. The number of halogens is 3. The van der Waals surface area contributed by atoms with E-state index < -0.39 is 6.04 Å². The number of rotatable bonds is 10. The second-order valence-corrected chi connectivity index (χ2v) is 9.15. The second kappa shape index (κ2) is 12.5. The highest BCUT2D eigenvalue weighted by molar-refractivity contribution is 7.99. The average molecular weight is 488 g/mol. The van der Waals surface area contributed by atoms with Gasteiger partial charge in [0.1, 0.15) is 6.04 Å². The first-order valence-corrected chi connectivity index (χ1v) is 11.8. The highest BCUT2D eigenvalue weighted by atomic mass is 35.5. The zero-order valence-corrected chi connectivity index (χ0v) is 20.0. The zero-order valence-electron chi connectivity index (χ0n) is 17.0. The Labute approximate surface area is 197 Å². The first kappa shape index (κ1) is 24.9. The number of likely N-dealkylation sites (N-methyl/N-ethyl adjacent to an activating group) is 1. The van der Waals surface area contributed by atoms with Crippen LogP contribution in [0.3, 0.4) is 0 Å². The fraction of sp³-hybridized carbons (Fsp3) is 0.364. The summed E-state index contributed by atoms with van der Waals surface area (Å²) in [5.41, 5.74) is 0.757. The molecule has 2 aromatic carbocycles. The van der Waals surface area contributed by atoms with Crippen LogP contribution in [0.1, 0.15) is 31.7 Å². The van der Waals surface area contributed by atoms with Crippen molar-refractivity contribution in [1.82, 2.24) is 10.2 Å². The number of carbonyl (C=O) groups excluding carboxylic acids is 2. The van der Waals surface area contributed by atoms with Crippen molar-refractivity contribution in [2.24, 2.45) is 0 Å². The normalized spacial score (nSPS) is 11.8. The third-order valence-electron chi connectivity index (χ3n) is 4.61. The smallest absolute Gasteiger partial charge is 0.242 e. The van der Waals surface area contributed by atoms with E-state index in [1.54, 1.807) is 41.9 Å². The monoisotopic (exact) mass is 486 g/mol. The lowest BCUT2D eigenvalue weighted by atomic mass is 10.1. The van der Waals surface area contributed by atoms with Crippen LogP contribution >= 0.6 is 46.6 Å². The molecule has 0 saturated heterocycles. The SMILES string of the molecule is CC[C@H](C(=O)NC)N(Cc1ccc(Cl)cc1Cl)C(=O)CCCSc1ccc(Cl)cc1. The van der Waals surface area contributed by atoms with Crippen molar-refractivity contribution < 1.29 is 9.59 Å². The van der Waals surface area contributed by atoms with Crippen LogP contribution in [0.15, 0.2) is 47.4 Å². The number of nitrogens with one attached hydrogen (secondary N) is 1. The van der Waals surface area contributed by atoms with E-state index in [1.165, 1.54) is 0 Å². The van der Waals surface area contributed by atoms with Gasteiger partial charge in [-0.3, -0.25) is 9.59 Å². The minimum Gasteiger partial charge on any atom is -0.357 e. The maximum atomic E-state index is 13.1. The molecule has 2 amide bonds. The molecule has 1 atom stereocenters. The van der Waals surface area contributed by atoms with Gasteiger partial charge in [0, 0.05) is 40.0 Å². The van der Waals surface area contributed by atoms with Gasteiger partial charge in [0.25, 0.3) is 0 Å². The highest BCUT2D eigenvalue weighted by Crippen LogP contribution is 2.25. The van der Waals surface area contributed by atoms with Gasteiger partial charge >= 0.3 is 0 Å². The molecule has 0 fully saturated rings. The van der Waals surface area contributed by atoms with Crippen LogP contribution < -0.4 is 5.32 Å². The highest BCUT2D eigenvalue weighted by Gasteiger charge is 2.28. The quantitative estimate of drug-likeness (QED) is 0.327. The molecule has 2 aromatic rings. The number of carbonyl (C=O) groups is 2. The van der Waals surface area contributed by atoms with E-state index in [2.05, 4.69) is 5.32 Å². The lowest BCUT2D eigenvalue weighted by molar-refractivity contribution is -0.141.